The molecule has 4 nitrogen and oxygen atoms in total. The minimum absolute atomic E-state index is 0.0545. The van der Waals surface area contributed by atoms with Crippen LogP contribution >= 0.6 is 11.8 Å². The number of nitrogens with one attached hydrogen (secondary N) is 1. The summed E-state index contributed by atoms with van der Waals surface area (Å²) in [6.45, 7) is 1.69. The first-order valence-corrected chi connectivity index (χ1v) is 7.97. The van der Waals surface area contributed by atoms with Gasteiger partial charge < -0.3 is 14.8 Å². The number of ether oxygens (including phenoxy) is 2. The lowest BCUT2D eigenvalue weighted by molar-refractivity contribution is -0.115. The maximum absolute atomic E-state index is 13.6. The molecule has 1 amide bonds. The number of rotatable bonds is 6. The van der Waals surface area contributed by atoms with Gasteiger partial charge in [0.05, 0.1) is 25.2 Å². The second kappa shape index (κ2) is 8.01. The Hall–Kier alpha value is -2.28. The molecule has 0 saturated heterocycles. The molecule has 0 aliphatic carbocycles. The molecule has 2 aromatic rings. The van der Waals surface area contributed by atoms with Crippen LogP contribution in [0.15, 0.2) is 41.3 Å². The van der Waals surface area contributed by atoms with Gasteiger partial charge >= 0.3 is 0 Å². The van der Waals surface area contributed by atoms with E-state index in [-0.39, 0.29) is 11.6 Å². The molecule has 0 saturated carbocycles. The molecule has 0 radical (unpaired) electrons. The van der Waals surface area contributed by atoms with E-state index in [0.29, 0.717) is 11.5 Å². The average molecular weight is 353 g/mol. The van der Waals surface area contributed by atoms with Crippen molar-refractivity contribution in [1.82, 2.24) is 0 Å². The van der Waals surface area contributed by atoms with Gasteiger partial charge in [0.15, 0.2) is 11.5 Å². The largest absolute Gasteiger partial charge is 0.493 e. The number of carbonyl (C=O) groups excluding carboxylic acids is 1. The number of hydrogen-bond donors (Lipinski definition) is 1. The summed E-state index contributed by atoms with van der Waals surface area (Å²) in [6.07, 6.45) is 0. The van der Waals surface area contributed by atoms with E-state index < -0.39 is 16.9 Å². The Morgan fingerprint density at radius 2 is 1.79 bits per heavy atom. The number of methoxy groups -OCH3 is 2. The smallest absolute Gasteiger partial charge is 0.237 e. The molecule has 2 rings (SSSR count). The van der Waals surface area contributed by atoms with Gasteiger partial charge in [0, 0.05) is 11.0 Å². The lowest BCUT2D eigenvalue weighted by atomic mass is 10.3. The van der Waals surface area contributed by atoms with E-state index in [1.165, 1.54) is 32.0 Å². The van der Waals surface area contributed by atoms with Gasteiger partial charge in [-0.05, 0) is 37.3 Å². The van der Waals surface area contributed by atoms with Gasteiger partial charge in [-0.2, -0.15) is 0 Å². The van der Waals surface area contributed by atoms with Crippen LogP contribution in [0.4, 0.5) is 14.5 Å². The first-order valence-electron chi connectivity index (χ1n) is 7.09. The molecular weight excluding hydrogens is 336 g/mol. The maximum Gasteiger partial charge on any atom is 0.237 e. The van der Waals surface area contributed by atoms with Gasteiger partial charge in [-0.15, -0.1) is 11.8 Å². The van der Waals surface area contributed by atoms with Crippen molar-refractivity contribution in [3.63, 3.8) is 0 Å². The van der Waals surface area contributed by atoms with E-state index in [0.717, 1.165) is 17.0 Å². The van der Waals surface area contributed by atoms with Crippen molar-refractivity contribution in [3.05, 3.63) is 48.0 Å². The number of hydrogen-bond acceptors (Lipinski definition) is 4. The molecule has 0 heterocycles. The fourth-order valence-electron chi connectivity index (χ4n) is 1.97. The molecule has 0 aliphatic rings. The summed E-state index contributed by atoms with van der Waals surface area (Å²) in [7, 11) is 3.07. The third kappa shape index (κ3) is 4.38. The fraction of sp³-hybridized carbons (Fsp3) is 0.235. The van der Waals surface area contributed by atoms with Crippen LogP contribution in [0.3, 0.4) is 0 Å². The number of amides is 1. The molecule has 24 heavy (non-hydrogen) atoms. The Kier molecular flexibility index (Phi) is 6.03. The molecule has 1 unspecified atom stereocenters. The summed E-state index contributed by atoms with van der Waals surface area (Å²) in [6, 6.07) is 8.30. The van der Waals surface area contributed by atoms with Crippen molar-refractivity contribution in [3.8, 4) is 11.5 Å². The Bertz CT molecular complexity index is 740. The van der Waals surface area contributed by atoms with E-state index >= 15 is 0 Å². The average Bonchev–Trinajstić information content (AvgIpc) is 2.57. The number of anilines is 1. The quantitative estimate of drug-likeness (QED) is 0.794. The zero-order valence-corrected chi connectivity index (χ0v) is 14.2. The van der Waals surface area contributed by atoms with Crippen LogP contribution in [0, 0.1) is 11.6 Å². The molecular formula is C17H17F2NO3S. The van der Waals surface area contributed by atoms with Gasteiger partial charge in [0.2, 0.25) is 5.91 Å². The van der Waals surface area contributed by atoms with Crippen molar-refractivity contribution >= 4 is 23.4 Å². The van der Waals surface area contributed by atoms with Crippen LogP contribution in [0.5, 0.6) is 11.5 Å². The van der Waals surface area contributed by atoms with E-state index in [1.54, 1.807) is 25.1 Å². The molecule has 1 N–H and O–H groups in total. The molecule has 2 aromatic carbocycles. The van der Waals surface area contributed by atoms with Crippen LogP contribution in [-0.2, 0) is 4.79 Å². The Morgan fingerprint density at radius 3 is 2.42 bits per heavy atom. The third-order valence-electron chi connectivity index (χ3n) is 3.23. The minimum atomic E-state index is -0.813. The molecule has 1 atom stereocenters. The second-order valence-electron chi connectivity index (χ2n) is 4.89. The summed E-state index contributed by atoms with van der Waals surface area (Å²) in [5.74, 6) is -0.753. The van der Waals surface area contributed by atoms with Crippen LogP contribution in [0.1, 0.15) is 6.92 Å². The molecule has 0 bridgehead atoms. The Balaban J connectivity index is 2.06. The minimum Gasteiger partial charge on any atom is -0.493 e. The zero-order valence-electron chi connectivity index (χ0n) is 13.4. The van der Waals surface area contributed by atoms with Gasteiger partial charge in [-0.25, -0.2) is 8.78 Å². The number of thioether (sulfide) groups is 1. The van der Waals surface area contributed by atoms with Gasteiger partial charge in [0.1, 0.15) is 11.6 Å². The van der Waals surface area contributed by atoms with Crippen molar-refractivity contribution in [2.45, 2.75) is 17.1 Å². The highest BCUT2D eigenvalue weighted by Gasteiger charge is 2.17. The maximum atomic E-state index is 13.6. The van der Waals surface area contributed by atoms with Crippen LogP contribution in [-0.4, -0.2) is 25.4 Å². The van der Waals surface area contributed by atoms with Crippen molar-refractivity contribution < 1.29 is 23.0 Å². The summed E-state index contributed by atoms with van der Waals surface area (Å²) in [5.41, 5.74) is -0.0545. The van der Waals surface area contributed by atoms with E-state index in [9.17, 15) is 13.6 Å². The van der Waals surface area contributed by atoms with Gasteiger partial charge in [0.25, 0.3) is 0 Å². The summed E-state index contributed by atoms with van der Waals surface area (Å²) in [4.78, 5) is 13.0. The molecule has 0 spiro atoms. The summed E-state index contributed by atoms with van der Waals surface area (Å²) >= 11 is 1.28. The highest BCUT2D eigenvalue weighted by Crippen LogP contribution is 2.33. The molecule has 0 aromatic heterocycles. The molecule has 0 aliphatic heterocycles. The van der Waals surface area contributed by atoms with E-state index in [1.807, 2.05) is 0 Å². The number of halogens is 2. The summed E-state index contributed by atoms with van der Waals surface area (Å²) in [5, 5.41) is 1.96. The number of carbonyl (C=O) groups is 1. The molecule has 0 fully saturated rings. The lowest BCUT2D eigenvalue weighted by Crippen LogP contribution is -2.23. The monoisotopic (exact) mass is 353 g/mol. The molecule has 128 valence electrons. The normalized spacial score (nSPS) is 11.7. The summed E-state index contributed by atoms with van der Waals surface area (Å²) < 4.78 is 36.9. The predicted molar refractivity (Wildman–Crippen MR) is 89.9 cm³/mol. The van der Waals surface area contributed by atoms with Crippen LogP contribution in [0.25, 0.3) is 0 Å². The SMILES string of the molecule is COc1ccc(SC(C)C(=O)Nc2ccc(F)cc2F)cc1OC. The van der Waals surface area contributed by atoms with E-state index in [4.69, 9.17) is 9.47 Å². The van der Waals surface area contributed by atoms with Gasteiger partial charge in [-0.3, -0.25) is 4.79 Å². The number of benzene rings is 2. The highest BCUT2D eigenvalue weighted by molar-refractivity contribution is 8.00. The Morgan fingerprint density at radius 1 is 1.08 bits per heavy atom. The fourth-order valence-corrected chi connectivity index (χ4v) is 2.87. The predicted octanol–water partition coefficient (Wildman–Crippen LogP) is 4.10. The third-order valence-corrected chi connectivity index (χ3v) is 4.32. The standard InChI is InChI=1S/C17H17F2NO3S/c1-10(17(21)20-14-6-4-11(18)8-13(14)19)24-12-5-7-15(22-2)16(9-12)23-3/h4-10H,1-3H3,(H,20,21). The first-order chi connectivity index (χ1) is 11.4. The highest BCUT2D eigenvalue weighted by atomic mass is 32.2. The first kappa shape index (κ1) is 18.1. The van der Waals surface area contributed by atoms with Crippen molar-refractivity contribution in [2.75, 3.05) is 19.5 Å². The zero-order chi connectivity index (χ0) is 17.7. The van der Waals surface area contributed by atoms with Crippen molar-refractivity contribution in [1.29, 1.82) is 0 Å². The van der Waals surface area contributed by atoms with E-state index in [2.05, 4.69) is 5.32 Å². The van der Waals surface area contributed by atoms with Gasteiger partial charge in [-0.1, -0.05) is 0 Å². The topological polar surface area (TPSA) is 47.6 Å². The van der Waals surface area contributed by atoms with Crippen LogP contribution in [0.2, 0.25) is 0 Å². The van der Waals surface area contributed by atoms with Crippen molar-refractivity contribution in [2.24, 2.45) is 0 Å². The Labute approximate surface area is 143 Å². The van der Waals surface area contributed by atoms with Crippen LogP contribution < -0.4 is 14.8 Å². The second-order valence-corrected chi connectivity index (χ2v) is 6.30. The lowest BCUT2D eigenvalue weighted by Gasteiger charge is -2.14. The molecule has 7 heteroatoms.